The Morgan fingerprint density at radius 3 is 2.32 bits per heavy atom. The predicted molar refractivity (Wildman–Crippen MR) is 77.7 cm³/mol. The maximum Gasteiger partial charge on any atom is 0.240 e. The molecule has 1 fully saturated rings. The fourth-order valence-electron chi connectivity index (χ4n) is 2.63. The van der Waals surface area contributed by atoms with Crippen LogP contribution in [0.25, 0.3) is 0 Å². The van der Waals surface area contributed by atoms with Gasteiger partial charge in [0.1, 0.15) is 6.04 Å². The summed E-state index contributed by atoms with van der Waals surface area (Å²) in [5, 5.41) is 2.79. The summed E-state index contributed by atoms with van der Waals surface area (Å²) in [5.41, 5.74) is 10.6. The van der Waals surface area contributed by atoms with Crippen molar-refractivity contribution >= 4 is 24.2 Å². The fourth-order valence-corrected chi connectivity index (χ4v) is 2.63. The van der Waals surface area contributed by atoms with Gasteiger partial charge < -0.3 is 16.8 Å². The van der Waals surface area contributed by atoms with E-state index < -0.39 is 11.9 Å². The molecule has 0 aromatic carbocycles. The molecule has 19 heavy (non-hydrogen) atoms. The monoisotopic (exact) mass is 291 g/mol. The molecule has 0 unspecified atom stereocenters. The second-order valence-electron chi connectivity index (χ2n) is 6.24. The van der Waals surface area contributed by atoms with E-state index in [0.29, 0.717) is 6.54 Å². The molecule has 0 aromatic rings. The lowest BCUT2D eigenvalue weighted by Crippen LogP contribution is -2.53. The quantitative estimate of drug-likeness (QED) is 0.714. The minimum Gasteiger partial charge on any atom is -0.368 e. The second kappa shape index (κ2) is 7.10. The number of carbonyl (C=O) groups is 2. The van der Waals surface area contributed by atoms with Crippen LogP contribution in [0.4, 0.5) is 0 Å². The lowest BCUT2D eigenvalue weighted by Gasteiger charge is -2.30. The molecule has 5 N–H and O–H groups in total. The van der Waals surface area contributed by atoms with Crippen LogP contribution in [0.15, 0.2) is 0 Å². The Balaban J connectivity index is 0.00000324. The summed E-state index contributed by atoms with van der Waals surface area (Å²) in [7, 11) is 0. The molecule has 0 aliphatic heterocycles. The molecule has 0 heterocycles. The lowest BCUT2D eigenvalue weighted by molar-refractivity contribution is -0.132. The average molecular weight is 292 g/mol. The van der Waals surface area contributed by atoms with Crippen molar-refractivity contribution in [2.45, 2.75) is 46.1 Å². The van der Waals surface area contributed by atoms with Crippen LogP contribution in [0, 0.1) is 17.3 Å². The van der Waals surface area contributed by atoms with Crippen LogP contribution < -0.4 is 16.8 Å². The summed E-state index contributed by atoms with van der Waals surface area (Å²) in [5.74, 6) is -0.405. The van der Waals surface area contributed by atoms with Crippen molar-refractivity contribution in [1.82, 2.24) is 5.32 Å². The number of rotatable bonds is 4. The molecular weight excluding hydrogens is 266 g/mol. The normalized spacial score (nSPS) is 24.4. The molecule has 0 aromatic heterocycles. The molecule has 112 valence electrons. The van der Waals surface area contributed by atoms with Crippen LogP contribution in [0.1, 0.15) is 40.0 Å². The molecule has 1 rings (SSSR count). The third kappa shape index (κ3) is 4.66. The first-order valence-electron chi connectivity index (χ1n) is 6.57. The molecule has 0 bridgehead atoms. The maximum atomic E-state index is 12.2. The number of amides is 2. The molecule has 0 saturated heterocycles. The van der Waals surface area contributed by atoms with Gasteiger partial charge in [-0.25, -0.2) is 0 Å². The first-order valence-corrected chi connectivity index (χ1v) is 6.57. The van der Waals surface area contributed by atoms with Gasteiger partial charge in [0.25, 0.3) is 0 Å². The van der Waals surface area contributed by atoms with E-state index in [9.17, 15) is 9.59 Å². The highest BCUT2D eigenvalue weighted by atomic mass is 35.5. The molecule has 1 saturated carbocycles. The zero-order valence-corrected chi connectivity index (χ0v) is 12.8. The Kier molecular flexibility index (Phi) is 6.80. The Hall–Kier alpha value is -0.810. The van der Waals surface area contributed by atoms with Crippen LogP contribution in [-0.4, -0.2) is 24.4 Å². The number of hydrogen-bond donors (Lipinski definition) is 3. The van der Waals surface area contributed by atoms with Gasteiger partial charge in [-0.05, 0) is 30.7 Å². The van der Waals surface area contributed by atoms with Crippen molar-refractivity contribution < 1.29 is 9.59 Å². The van der Waals surface area contributed by atoms with Crippen molar-refractivity contribution in [2.24, 2.45) is 28.7 Å². The lowest BCUT2D eigenvalue weighted by atomic mass is 9.85. The van der Waals surface area contributed by atoms with Crippen LogP contribution >= 0.6 is 12.4 Å². The van der Waals surface area contributed by atoms with Crippen molar-refractivity contribution in [3.63, 3.8) is 0 Å². The van der Waals surface area contributed by atoms with E-state index >= 15 is 0 Å². The van der Waals surface area contributed by atoms with Gasteiger partial charge in [0.2, 0.25) is 11.8 Å². The summed E-state index contributed by atoms with van der Waals surface area (Å²) in [6.45, 7) is 6.18. The molecule has 0 radical (unpaired) electrons. The van der Waals surface area contributed by atoms with E-state index in [0.717, 1.165) is 19.3 Å². The largest absolute Gasteiger partial charge is 0.368 e. The zero-order valence-electron chi connectivity index (χ0n) is 11.9. The summed E-state index contributed by atoms with van der Waals surface area (Å²) < 4.78 is 0. The van der Waals surface area contributed by atoms with Crippen LogP contribution in [-0.2, 0) is 9.59 Å². The number of primary amides is 1. The fraction of sp³-hybridized carbons (Fsp3) is 0.846. The molecule has 1 aliphatic rings. The van der Waals surface area contributed by atoms with Gasteiger partial charge in [0.15, 0.2) is 0 Å². The number of hydrogen-bond acceptors (Lipinski definition) is 3. The third-order valence-electron chi connectivity index (χ3n) is 3.74. The zero-order chi connectivity index (χ0) is 13.9. The summed E-state index contributed by atoms with van der Waals surface area (Å²) in [6.07, 6.45) is 2.87. The Morgan fingerprint density at radius 2 is 1.89 bits per heavy atom. The van der Waals surface area contributed by atoms with Crippen molar-refractivity contribution in [3.05, 3.63) is 0 Å². The Labute approximate surface area is 121 Å². The Morgan fingerprint density at radius 1 is 1.32 bits per heavy atom. The highest BCUT2D eigenvalue weighted by Gasteiger charge is 2.36. The molecular formula is C13H26ClN3O2. The summed E-state index contributed by atoms with van der Waals surface area (Å²) in [6, 6.07) is -0.635. The van der Waals surface area contributed by atoms with Crippen molar-refractivity contribution in [2.75, 3.05) is 6.54 Å². The minimum atomic E-state index is -0.635. The van der Waals surface area contributed by atoms with Gasteiger partial charge in [-0.3, -0.25) is 9.59 Å². The van der Waals surface area contributed by atoms with Crippen LogP contribution in [0.5, 0.6) is 0 Å². The highest BCUT2D eigenvalue weighted by Crippen LogP contribution is 2.31. The van der Waals surface area contributed by atoms with Gasteiger partial charge >= 0.3 is 0 Å². The summed E-state index contributed by atoms with van der Waals surface area (Å²) >= 11 is 0. The molecule has 5 nitrogen and oxygen atoms in total. The first-order chi connectivity index (χ1) is 8.27. The summed E-state index contributed by atoms with van der Waals surface area (Å²) in [4.78, 5) is 23.6. The van der Waals surface area contributed by atoms with Crippen molar-refractivity contribution in [1.29, 1.82) is 0 Å². The van der Waals surface area contributed by atoms with E-state index in [-0.39, 0.29) is 35.6 Å². The molecule has 1 aliphatic carbocycles. The smallest absolute Gasteiger partial charge is 0.240 e. The Bertz CT molecular complexity index is 328. The SMILES string of the molecule is CC(C)(C)[C@H](NC(=O)[C@@H]1CCC[C@@H]1CN)C(N)=O.Cl. The van der Waals surface area contributed by atoms with Gasteiger partial charge in [0, 0.05) is 5.92 Å². The standard InChI is InChI=1S/C13H25N3O2.ClH/c1-13(2,3)10(11(15)17)16-12(18)9-6-4-5-8(9)7-14;/h8-10H,4-7,14H2,1-3H3,(H2,15,17)(H,16,18);1H/t8-,9-,10-;/m1./s1. The average Bonchev–Trinajstić information content (AvgIpc) is 2.71. The molecule has 2 amide bonds. The van der Waals surface area contributed by atoms with Gasteiger partial charge in [-0.2, -0.15) is 0 Å². The van der Waals surface area contributed by atoms with Crippen LogP contribution in [0.3, 0.4) is 0 Å². The first kappa shape index (κ1) is 18.2. The van der Waals surface area contributed by atoms with Crippen molar-refractivity contribution in [3.8, 4) is 0 Å². The molecule has 6 heteroatoms. The number of nitrogens with two attached hydrogens (primary N) is 2. The highest BCUT2D eigenvalue weighted by molar-refractivity contribution is 5.88. The number of carbonyl (C=O) groups excluding carboxylic acids is 2. The van der Waals surface area contributed by atoms with E-state index in [2.05, 4.69) is 5.32 Å². The second-order valence-corrected chi connectivity index (χ2v) is 6.24. The van der Waals surface area contributed by atoms with E-state index in [4.69, 9.17) is 11.5 Å². The number of halogens is 1. The molecule has 0 spiro atoms. The maximum absolute atomic E-state index is 12.2. The van der Waals surface area contributed by atoms with E-state index in [1.165, 1.54) is 0 Å². The number of nitrogens with one attached hydrogen (secondary N) is 1. The van der Waals surface area contributed by atoms with Gasteiger partial charge in [0.05, 0.1) is 0 Å². The predicted octanol–water partition coefficient (Wildman–Crippen LogP) is 0.799. The van der Waals surface area contributed by atoms with Crippen LogP contribution in [0.2, 0.25) is 0 Å². The van der Waals surface area contributed by atoms with Gasteiger partial charge in [-0.1, -0.05) is 27.2 Å². The van der Waals surface area contributed by atoms with E-state index in [1.807, 2.05) is 20.8 Å². The minimum absolute atomic E-state index is 0. The topological polar surface area (TPSA) is 98.2 Å². The van der Waals surface area contributed by atoms with E-state index in [1.54, 1.807) is 0 Å². The molecule has 3 atom stereocenters. The van der Waals surface area contributed by atoms with Gasteiger partial charge in [-0.15, -0.1) is 12.4 Å². The third-order valence-corrected chi connectivity index (χ3v) is 3.74.